The highest BCUT2D eigenvalue weighted by Crippen LogP contribution is 2.18. The van der Waals surface area contributed by atoms with Crippen molar-refractivity contribution in [2.75, 3.05) is 20.2 Å². The fourth-order valence-corrected chi connectivity index (χ4v) is 3.35. The number of rotatable bonds is 8. The fourth-order valence-electron chi connectivity index (χ4n) is 2.33. The van der Waals surface area contributed by atoms with E-state index in [1.165, 1.54) is 4.88 Å². The van der Waals surface area contributed by atoms with Crippen molar-refractivity contribution in [2.45, 2.75) is 33.1 Å². The first kappa shape index (κ1) is 17.1. The molecule has 1 aromatic carbocycles. The van der Waals surface area contributed by atoms with Crippen LogP contribution >= 0.6 is 11.3 Å². The maximum atomic E-state index is 10.1. The number of benzene rings is 1. The second-order valence-electron chi connectivity index (χ2n) is 5.59. The molecular weight excluding hydrogens is 296 g/mol. The van der Waals surface area contributed by atoms with Crippen molar-refractivity contribution in [1.82, 2.24) is 9.88 Å². The molecule has 0 amide bonds. The first-order valence-corrected chi connectivity index (χ1v) is 8.27. The Labute approximate surface area is 136 Å². The van der Waals surface area contributed by atoms with Gasteiger partial charge >= 0.3 is 0 Å². The maximum absolute atomic E-state index is 10.1. The fraction of sp³-hybridized carbons (Fsp3) is 0.471. The van der Waals surface area contributed by atoms with Gasteiger partial charge in [-0.3, -0.25) is 4.90 Å². The van der Waals surface area contributed by atoms with Gasteiger partial charge in [-0.05, 0) is 26.5 Å². The van der Waals surface area contributed by atoms with Crippen LogP contribution in [0.1, 0.15) is 21.1 Å². The lowest BCUT2D eigenvalue weighted by Crippen LogP contribution is -2.31. The van der Waals surface area contributed by atoms with E-state index < -0.39 is 6.10 Å². The summed E-state index contributed by atoms with van der Waals surface area (Å²) in [6, 6.07) is 10.0. The van der Waals surface area contributed by atoms with Crippen LogP contribution in [-0.2, 0) is 17.9 Å². The van der Waals surface area contributed by atoms with Crippen LogP contribution in [0.2, 0.25) is 0 Å². The lowest BCUT2D eigenvalue weighted by Gasteiger charge is -2.20. The topological polar surface area (TPSA) is 45.6 Å². The lowest BCUT2D eigenvalue weighted by atomic mass is 10.2. The summed E-state index contributed by atoms with van der Waals surface area (Å²) in [6.45, 7) is 6.34. The van der Waals surface area contributed by atoms with Crippen LogP contribution < -0.4 is 0 Å². The summed E-state index contributed by atoms with van der Waals surface area (Å²) in [5, 5.41) is 11.2. The molecular formula is C17H24N2O2S. The molecule has 0 radical (unpaired) electrons. The van der Waals surface area contributed by atoms with Gasteiger partial charge in [-0.15, -0.1) is 11.3 Å². The van der Waals surface area contributed by atoms with Crippen LogP contribution in [0, 0.1) is 13.8 Å². The van der Waals surface area contributed by atoms with E-state index in [0.29, 0.717) is 19.8 Å². The summed E-state index contributed by atoms with van der Waals surface area (Å²) in [4.78, 5) is 7.80. The van der Waals surface area contributed by atoms with Crippen molar-refractivity contribution in [3.05, 3.63) is 51.5 Å². The average molecular weight is 320 g/mol. The maximum Gasteiger partial charge on any atom is 0.0900 e. The molecule has 0 bridgehead atoms. The Bertz CT molecular complexity index is 571. The number of hydrogen-bond acceptors (Lipinski definition) is 5. The summed E-state index contributed by atoms with van der Waals surface area (Å²) >= 11 is 1.72. The van der Waals surface area contributed by atoms with E-state index in [1.807, 2.05) is 51.2 Å². The molecule has 0 saturated carbocycles. The van der Waals surface area contributed by atoms with Crippen molar-refractivity contribution >= 4 is 11.3 Å². The molecule has 0 saturated heterocycles. The number of likely N-dealkylation sites (N-methyl/N-ethyl adjacent to an activating group) is 1. The van der Waals surface area contributed by atoms with Gasteiger partial charge < -0.3 is 9.84 Å². The Morgan fingerprint density at radius 2 is 2.00 bits per heavy atom. The zero-order chi connectivity index (χ0) is 15.9. The van der Waals surface area contributed by atoms with Crippen LogP contribution in [0.5, 0.6) is 0 Å². The monoisotopic (exact) mass is 320 g/mol. The SMILES string of the molecule is Cc1nc(C)c(CN(C)CC(O)COCc2ccccc2)s1. The molecule has 4 nitrogen and oxygen atoms in total. The largest absolute Gasteiger partial charge is 0.389 e. The summed E-state index contributed by atoms with van der Waals surface area (Å²) in [6.07, 6.45) is -0.483. The van der Waals surface area contributed by atoms with Gasteiger partial charge in [0.25, 0.3) is 0 Å². The first-order chi connectivity index (χ1) is 10.5. The number of hydrogen-bond donors (Lipinski definition) is 1. The second kappa shape index (κ2) is 8.39. The minimum atomic E-state index is -0.483. The summed E-state index contributed by atoms with van der Waals surface area (Å²) in [7, 11) is 2.01. The van der Waals surface area contributed by atoms with E-state index in [4.69, 9.17) is 4.74 Å². The number of nitrogens with zero attached hydrogens (tertiary/aromatic N) is 2. The minimum Gasteiger partial charge on any atom is -0.389 e. The van der Waals surface area contributed by atoms with Gasteiger partial charge in [0.05, 0.1) is 30.0 Å². The molecule has 22 heavy (non-hydrogen) atoms. The Morgan fingerprint density at radius 3 is 2.64 bits per heavy atom. The van der Waals surface area contributed by atoms with E-state index in [-0.39, 0.29) is 0 Å². The summed E-state index contributed by atoms with van der Waals surface area (Å²) in [5.41, 5.74) is 2.21. The van der Waals surface area contributed by atoms with Crippen LogP contribution in [0.3, 0.4) is 0 Å². The average Bonchev–Trinajstić information content (AvgIpc) is 2.77. The Morgan fingerprint density at radius 1 is 1.27 bits per heavy atom. The highest BCUT2D eigenvalue weighted by atomic mass is 32.1. The zero-order valence-corrected chi connectivity index (χ0v) is 14.3. The number of aliphatic hydroxyl groups is 1. The third kappa shape index (κ3) is 5.50. The van der Waals surface area contributed by atoms with E-state index in [1.54, 1.807) is 11.3 Å². The van der Waals surface area contributed by atoms with E-state index in [0.717, 1.165) is 22.8 Å². The predicted molar refractivity (Wildman–Crippen MR) is 90.0 cm³/mol. The standard InChI is InChI=1S/C17H24N2O2S/c1-13-17(22-14(2)18-13)10-19(3)9-16(20)12-21-11-15-7-5-4-6-8-15/h4-8,16,20H,9-12H2,1-3H3. The van der Waals surface area contributed by atoms with Gasteiger partial charge in [-0.2, -0.15) is 0 Å². The number of aromatic nitrogens is 1. The van der Waals surface area contributed by atoms with Crippen LogP contribution in [-0.4, -0.2) is 41.3 Å². The van der Waals surface area contributed by atoms with Gasteiger partial charge in [0.15, 0.2) is 0 Å². The van der Waals surface area contributed by atoms with E-state index in [9.17, 15) is 5.11 Å². The molecule has 1 N–H and O–H groups in total. The van der Waals surface area contributed by atoms with Crippen molar-refractivity contribution in [1.29, 1.82) is 0 Å². The summed E-state index contributed by atoms with van der Waals surface area (Å²) in [5.74, 6) is 0. The quantitative estimate of drug-likeness (QED) is 0.812. The molecule has 120 valence electrons. The molecule has 2 aromatic rings. The second-order valence-corrected chi connectivity index (χ2v) is 6.88. The molecule has 5 heteroatoms. The molecule has 1 unspecified atom stereocenters. The third-order valence-electron chi connectivity index (χ3n) is 3.36. The molecule has 0 aliphatic heterocycles. The van der Waals surface area contributed by atoms with E-state index in [2.05, 4.69) is 9.88 Å². The lowest BCUT2D eigenvalue weighted by molar-refractivity contribution is 0.0128. The van der Waals surface area contributed by atoms with Crippen LogP contribution in [0.25, 0.3) is 0 Å². The van der Waals surface area contributed by atoms with Gasteiger partial charge in [0, 0.05) is 18.0 Å². The molecule has 0 fully saturated rings. The Kier molecular flexibility index (Phi) is 6.51. The van der Waals surface area contributed by atoms with Crippen molar-refractivity contribution in [3.63, 3.8) is 0 Å². The molecule has 0 aliphatic carbocycles. The molecule has 2 rings (SSSR count). The normalized spacial score (nSPS) is 12.8. The number of aliphatic hydroxyl groups excluding tert-OH is 1. The smallest absolute Gasteiger partial charge is 0.0900 e. The van der Waals surface area contributed by atoms with Crippen LogP contribution in [0.4, 0.5) is 0 Å². The number of aryl methyl sites for hydroxylation is 2. The highest BCUT2D eigenvalue weighted by Gasteiger charge is 2.12. The molecule has 0 aliphatic rings. The highest BCUT2D eigenvalue weighted by molar-refractivity contribution is 7.11. The Hall–Kier alpha value is -1.27. The molecule has 1 aromatic heterocycles. The van der Waals surface area contributed by atoms with E-state index >= 15 is 0 Å². The number of thiazole rings is 1. The van der Waals surface area contributed by atoms with Gasteiger partial charge in [-0.1, -0.05) is 30.3 Å². The summed E-state index contributed by atoms with van der Waals surface area (Å²) < 4.78 is 5.57. The minimum absolute atomic E-state index is 0.347. The molecule has 1 heterocycles. The molecule has 1 atom stereocenters. The predicted octanol–water partition coefficient (Wildman–Crippen LogP) is 2.77. The van der Waals surface area contributed by atoms with Gasteiger partial charge in [-0.25, -0.2) is 4.98 Å². The van der Waals surface area contributed by atoms with Crippen LogP contribution in [0.15, 0.2) is 30.3 Å². The van der Waals surface area contributed by atoms with Gasteiger partial charge in [0.2, 0.25) is 0 Å². The third-order valence-corrected chi connectivity index (χ3v) is 4.41. The number of ether oxygens (including phenoxy) is 1. The van der Waals surface area contributed by atoms with Crippen molar-refractivity contribution in [3.8, 4) is 0 Å². The van der Waals surface area contributed by atoms with Gasteiger partial charge in [0.1, 0.15) is 0 Å². The van der Waals surface area contributed by atoms with Crippen molar-refractivity contribution < 1.29 is 9.84 Å². The first-order valence-electron chi connectivity index (χ1n) is 7.45. The Balaban J connectivity index is 1.70. The zero-order valence-electron chi connectivity index (χ0n) is 13.5. The molecule has 0 spiro atoms. The van der Waals surface area contributed by atoms with Crippen molar-refractivity contribution in [2.24, 2.45) is 0 Å².